The summed E-state index contributed by atoms with van der Waals surface area (Å²) in [6.07, 6.45) is 1.22. The van der Waals surface area contributed by atoms with Gasteiger partial charge in [0.2, 0.25) is 11.2 Å². The smallest absolute Gasteiger partial charge is 0.227 e. The van der Waals surface area contributed by atoms with E-state index in [9.17, 15) is 21.6 Å². The molecule has 3 aliphatic rings. The van der Waals surface area contributed by atoms with Crippen LogP contribution in [0.3, 0.4) is 0 Å². The first kappa shape index (κ1) is 35.1. The maximum atomic E-state index is 13.8. The molecule has 0 aliphatic carbocycles. The van der Waals surface area contributed by atoms with E-state index in [1.165, 1.54) is 30.3 Å². The maximum Gasteiger partial charge on any atom is 0.227 e. The summed E-state index contributed by atoms with van der Waals surface area (Å²) in [5.41, 5.74) is 3.30. The molecule has 0 spiro atoms. The Bertz CT molecular complexity index is 2180. The fourth-order valence-corrected chi connectivity index (χ4v) is 8.83. The second-order valence-corrected chi connectivity index (χ2v) is 15.5. The lowest BCUT2D eigenvalue weighted by molar-refractivity contribution is 0.617. The Labute approximate surface area is 306 Å². The van der Waals surface area contributed by atoms with Crippen LogP contribution in [0, 0.1) is 17.5 Å². The number of halogens is 5. The number of fused-ring (bicyclic) bond motifs is 2. The zero-order valence-electron chi connectivity index (χ0n) is 26.7. The number of rotatable bonds is 6. The Morgan fingerprint density at radius 3 is 1.76 bits per heavy atom. The molecule has 2 N–H and O–H groups in total. The SMILES string of the molecule is O=S1CCc2nc(Cl)nc(Nc3cccc(F)c3)c21.O=S1CCc2nc(N3CCN(c4ccc(Cl)c(F)c4)CC3)nc(Nc3cccc(F)c3)c21. The van der Waals surface area contributed by atoms with Gasteiger partial charge in [0.15, 0.2) is 11.6 Å². The van der Waals surface area contributed by atoms with E-state index in [1.54, 1.807) is 30.3 Å². The first-order chi connectivity index (χ1) is 24.6. The van der Waals surface area contributed by atoms with Crippen molar-refractivity contribution in [1.82, 2.24) is 19.9 Å². The lowest BCUT2D eigenvalue weighted by Gasteiger charge is -2.36. The van der Waals surface area contributed by atoms with Crippen LogP contribution in [0.5, 0.6) is 0 Å². The summed E-state index contributed by atoms with van der Waals surface area (Å²) in [7, 11) is -2.33. The molecule has 3 aromatic carbocycles. The largest absolute Gasteiger partial charge is 0.368 e. The van der Waals surface area contributed by atoms with Gasteiger partial charge in [-0.05, 0) is 66.2 Å². The van der Waals surface area contributed by atoms with Gasteiger partial charge in [-0.2, -0.15) is 9.97 Å². The van der Waals surface area contributed by atoms with Crippen LogP contribution in [0.1, 0.15) is 11.4 Å². The molecule has 5 aromatic rings. The number of aromatic nitrogens is 4. The minimum atomic E-state index is -1.19. The summed E-state index contributed by atoms with van der Waals surface area (Å²) in [5, 5.41) is 6.27. The van der Waals surface area contributed by atoms with Gasteiger partial charge in [-0.3, -0.25) is 8.42 Å². The molecule has 17 heteroatoms. The van der Waals surface area contributed by atoms with Gasteiger partial charge in [0.05, 0.1) is 38.0 Å². The van der Waals surface area contributed by atoms with Crippen LogP contribution < -0.4 is 20.4 Å². The zero-order chi connectivity index (χ0) is 35.6. The molecule has 1 saturated heterocycles. The van der Waals surface area contributed by atoms with Crippen molar-refractivity contribution < 1.29 is 21.6 Å². The van der Waals surface area contributed by atoms with Crippen LogP contribution >= 0.6 is 23.2 Å². The van der Waals surface area contributed by atoms with E-state index in [-0.39, 0.29) is 21.9 Å². The fraction of sp³-hybridized carbons (Fsp3) is 0.235. The Balaban J connectivity index is 0.000000182. The van der Waals surface area contributed by atoms with E-state index in [1.807, 2.05) is 6.07 Å². The summed E-state index contributed by atoms with van der Waals surface area (Å²) >= 11 is 11.6. The van der Waals surface area contributed by atoms with Crippen LogP contribution in [0.4, 0.5) is 47.8 Å². The van der Waals surface area contributed by atoms with Gasteiger partial charge < -0.3 is 20.4 Å². The van der Waals surface area contributed by atoms with Crippen LogP contribution in [0.2, 0.25) is 10.3 Å². The van der Waals surface area contributed by atoms with E-state index < -0.39 is 27.4 Å². The van der Waals surface area contributed by atoms with Gasteiger partial charge in [-0.15, -0.1) is 0 Å². The third-order valence-electron chi connectivity index (χ3n) is 8.34. The number of nitrogens with one attached hydrogen (secondary N) is 2. The molecule has 264 valence electrons. The highest BCUT2D eigenvalue weighted by Gasteiger charge is 2.29. The van der Waals surface area contributed by atoms with Crippen molar-refractivity contribution in [3.8, 4) is 0 Å². The minimum absolute atomic E-state index is 0.0940. The van der Waals surface area contributed by atoms with Crippen LogP contribution in [-0.4, -0.2) is 66.0 Å². The van der Waals surface area contributed by atoms with Crippen LogP contribution in [0.15, 0.2) is 76.5 Å². The molecule has 1 fully saturated rings. The average molecular weight is 774 g/mol. The Morgan fingerprint density at radius 2 is 1.20 bits per heavy atom. The minimum Gasteiger partial charge on any atom is -0.368 e. The molecule has 51 heavy (non-hydrogen) atoms. The van der Waals surface area contributed by atoms with Crippen molar-refractivity contribution in [2.24, 2.45) is 0 Å². The highest BCUT2D eigenvalue weighted by molar-refractivity contribution is 7.85. The van der Waals surface area contributed by atoms with E-state index in [0.717, 1.165) is 11.4 Å². The third kappa shape index (κ3) is 7.96. The Hall–Kier alpha value is -4.31. The molecule has 3 aliphatic heterocycles. The van der Waals surface area contributed by atoms with Gasteiger partial charge >= 0.3 is 0 Å². The summed E-state index contributed by atoms with van der Waals surface area (Å²) < 4.78 is 65.1. The number of nitrogens with zero attached hydrogens (tertiary/aromatic N) is 6. The van der Waals surface area contributed by atoms with Gasteiger partial charge in [0.1, 0.15) is 27.2 Å². The van der Waals surface area contributed by atoms with Crippen LogP contribution in [-0.2, 0) is 34.4 Å². The monoisotopic (exact) mass is 772 g/mol. The topological polar surface area (TPSA) is 116 Å². The van der Waals surface area contributed by atoms with Gasteiger partial charge in [-0.1, -0.05) is 23.7 Å². The number of anilines is 6. The first-order valence-electron chi connectivity index (χ1n) is 15.9. The number of aryl methyl sites for hydroxylation is 2. The molecule has 0 amide bonds. The molecule has 0 radical (unpaired) electrons. The molecule has 0 bridgehead atoms. The Kier molecular flexibility index (Phi) is 10.4. The quantitative estimate of drug-likeness (QED) is 0.178. The van der Waals surface area contributed by atoms with E-state index in [4.69, 9.17) is 23.2 Å². The number of hydrogen-bond acceptors (Lipinski definition) is 10. The maximum absolute atomic E-state index is 13.8. The lowest BCUT2D eigenvalue weighted by atomic mass is 10.2. The van der Waals surface area contributed by atoms with Crippen molar-refractivity contribution in [2.45, 2.75) is 22.6 Å². The fourth-order valence-electron chi connectivity index (χ4n) is 5.91. The average Bonchev–Trinajstić information content (AvgIpc) is 3.68. The van der Waals surface area contributed by atoms with E-state index in [0.29, 0.717) is 95.0 Å². The number of hydrogen-bond donors (Lipinski definition) is 2. The molecule has 10 nitrogen and oxygen atoms in total. The summed E-state index contributed by atoms with van der Waals surface area (Å²) in [4.78, 5) is 22.8. The number of benzene rings is 3. The van der Waals surface area contributed by atoms with Crippen molar-refractivity contribution in [3.05, 3.63) is 106 Å². The molecular formula is C34H29Cl2F3N8O2S2. The molecular weight excluding hydrogens is 744 g/mol. The molecule has 5 heterocycles. The third-order valence-corrected chi connectivity index (χ3v) is 11.7. The van der Waals surface area contributed by atoms with E-state index in [2.05, 4.69) is 40.4 Å². The van der Waals surface area contributed by atoms with Gasteiger partial charge in [0, 0.05) is 67.6 Å². The second-order valence-electron chi connectivity index (χ2n) is 11.7. The predicted molar refractivity (Wildman–Crippen MR) is 194 cm³/mol. The Morgan fingerprint density at radius 1 is 0.647 bits per heavy atom. The normalized spacial score (nSPS) is 17.7. The summed E-state index contributed by atoms with van der Waals surface area (Å²) in [6.45, 7) is 2.62. The van der Waals surface area contributed by atoms with Gasteiger partial charge in [-0.25, -0.2) is 23.1 Å². The number of piperazine rings is 1. The zero-order valence-corrected chi connectivity index (χ0v) is 29.9. The molecule has 8 rings (SSSR count). The van der Waals surface area contributed by atoms with Crippen molar-refractivity contribution in [1.29, 1.82) is 0 Å². The van der Waals surface area contributed by atoms with Gasteiger partial charge in [0.25, 0.3) is 0 Å². The van der Waals surface area contributed by atoms with Crippen LogP contribution in [0.25, 0.3) is 0 Å². The predicted octanol–water partition coefficient (Wildman–Crippen LogP) is 6.82. The summed E-state index contributed by atoms with van der Waals surface area (Å²) in [6, 6.07) is 16.9. The highest BCUT2D eigenvalue weighted by atomic mass is 35.5. The summed E-state index contributed by atoms with van der Waals surface area (Å²) in [5.74, 6) is 1.24. The van der Waals surface area contributed by atoms with E-state index >= 15 is 0 Å². The second kappa shape index (κ2) is 15.1. The highest BCUT2D eigenvalue weighted by Crippen LogP contribution is 2.33. The lowest BCUT2D eigenvalue weighted by Crippen LogP contribution is -2.47. The molecule has 0 saturated carbocycles. The standard InChI is InChI=1S/C22H20ClF2N5OS.C12H9ClFN3OS/c23-17-5-4-16(13-18(17)25)29-7-9-30(10-8-29)22-27-19-6-11-32(31)20(19)21(28-22)26-15-3-1-2-14(24)12-15;13-12-16-9-4-5-19(18)10(9)11(17-12)15-8-3-1-2-7(14)6-8/h1-5,12-13H,6-11H2,(H,26,27,28);1-3,6H,4-5H2,(H,15,16,17). The van der Waals surface area contributed by atoms with Crippen molar-refractivity contribution >= 4 is 79.4 Å². The van der Waals surface area contributed by atoms with Crippen molar-refractivity contribution in [2.75, 3.05) is 58.1 Å². The first-order valence-corrected chi connectivity index (χ1v) is 19.2. The molecule has 2 unspecified atom stereocenters. The molecule has 2 atom stereocenters. The molecule has 2 aromatic heterocycles. The van der Waals surface area contributed by atoms with Crippen molar-refractivity contribution in [3.63, 3.8) is 0 Å².